The third-order valence-electron chi connectivity index (χ3n) is 5.21. The van der Waals surface area contributed by atoms with Crippen molar-refractivity contribution >= 4 is 29.4 Å². The van der Waals surface area contributed by atoms with Crippen molar-refractivity contribution < 1.29 is 9.59 Å². The summed E-state index contributed by atoms with van der Waals surface area (Å²) >= 11 is 1.76. The van der Waals surface area contributed by atoms with Crippen LogP contribution in [0.2, 0.25) is 0 Å². The first-order chi connectivity index (χ1) is 15.0. The first-order valence-corrected chi connectivity index (χ1v) is 11.5. The summed E-state index contributed by atoms with van der Waals surface area (Å²) in [7, 11) is 0. The molecule has 0 spiro atoms. The van der Waals surface area contributed by atoms with E-state index in [0.29, 0.717) is 17.9 Å². The van der Waals surface area contributed by atoms with Crippen LogP contribution < -0.4 is 10.6 Å². The Hall–Kier alpha value is -3.06. The summed E-state index contributed by atoms with van der Waals surface area (Å²) in [6.45, 7) is 4.59. The predicted molar refractivity (Wildman–Crippen MR) is 124 cm³/mol. The average Bonchev–Trinajstić information content (AvgIpc) is 3.30. The minimum absolute atomic E-state index is 0.0783. The Bertz CT molecular complexity index is 1090. The molecule has 0 saturated heterocycles. The number of hydrogen-bond donors (Lipinski definition) is 2. The maximum absolute atomic E-state index is 12.9. The van der Waals surface area contributed by atoms with E-state index in [1.807, 2.05) is 62.4 Å². The maximum Gasteiger partial charge on any atom is 0.256 e. The number of thioether (sulfide) groups is 1. The minimum atomic E-state index is -0.183. The SMILES string of the molecule is Cc1cc(C)cc(C(=O)Nc2c3c(nn2CC(=O)NCCc2ccccc2)CSC3)c1. The molecule has 1 aliphatic heterocycles. The zero-order chi connectivity index (χ0) is 21.8. The van der Waals surface area contributed by atoms with Gasteiger partial charge in [-0.2, -0.15) is 16.9 Å². The van der Waals surface area contributed by atoms with Crippen molar-refractivity contribution in [3.8, 4) is 0 Å². The Balaban J connectivity index is 1.45. The lowest BCUT2D eigenvalue weighted by Crippen LogP contribution is -2.30. The third kappa shape index (κ3) is 5.17. The molecular formula is C24H26N4O2S. The number of benzene rings is 2. The van der Waals surface area contributed by atoms with Crippen molar-refractivity contribution in [2.45, 2.75) is 38.3 Å². The predicted octanol–water partition coefficient (Wildman–Crippen LogP) is 3.86. The molecule has 6 nitrogen and oxygen atoms in total. The van der Waals surface area contributed by atoms with Crippen molar-refractivity contribution in [2.24, 2.45) is 0 Å². The molecule has 0 bridgehead atoms. The highest BCUT2D eigenvalue weighted by Crippen LogP contribution is 2.34. The second kappa shape index (κ2) is 9.39. The topological polar surface area (TPSA) is 76.0 Å². The van der Waals surface area contributed by atoms with Gasteiger partial charge in [0, 0.05) is 29.2 Å². The second-order valence-electron chi connectivity index (χ2n) is 7.84. The molecule has 0 saturated carbocycles. The van der Waals surface area contributed by atoms with Crippen LogP contribution in [0.25, 0.3) is 0 Å². The quantitative estimate of drug-likeness (QED) is 0.592. The third-order valence-corrected chi connectivity index (χ3v) is 6.18. The summed E-state index contributed by atoms with van der Waals surface area (Å²) < 4.78 is 1.63. The average molecular weight is 435 g/mol. The lowest BCUT2D eigenvalue weighted by Gasteiger charge is -2.12. The molecule has 2 aromatic carbocycles. The molecule has 3 aromatic rings. The van der Waals surface area contributed by atoms with Gasteiger partial charge in [-0.1, -0.05) is 47.5 Å². The van der Waals surface area contributed by atoms with Crippen LogP contribution in [0.15, 0.2) is 48.5 Å². The van der Waals surface area contributed by atoms with Gasteiger partial charge in [0.05, 0.1) is 5.69 Å². The van der Waals surface area contributed by atoms with Crippen LogP contribution in [0.3, 0.4) is 0 Å². The molecule has 0 atom stereocenters. The van der Waals surface area contributed by atoms with Gasteiger partial charge >= 0.3 is 0 Å². The monoisotopic (exact) mass is 434 g/mol. The highest BCUT2D eigenvalue weighted by atomic mass is 32.2. The standard InChI is InChI=1S/C24H26N4O2S/c1-16-10-17(2)12-19(11-16)24(30)26-23-20-14-31-15-21(20)27-28(23)13-22(29)25-9-8-18-6-4-3-5-7-18/h3-7,10-12H,8-9,13-15H2,1-2H3,(H,25,29)(H,26,30). The van der Waals surface area contributed by atoms with E-state index in [1.54, 1.807) is 16.4 Å². The lowest BCUT2D eigenvalue weighted by atomic mass is 10.1. The van der Waals surface area contributed by atoms with Crippen LogP contribution in [0.5, 0.6) is 0 Å². The van der Waals surface area contributed by atoms with E-state index < -0.39 is 0 Å². The molecular weight excluding hydrogens is 408 g/mol. The number of rotatable bonds is 7. The molecule has 2 N–H and O–H groups in total. The van der Waals surface area contributed by atoms with Gasteiger partial charge in [-0.15, -0.1) is 0 Å². The highest BCUT2D eigenvalue weighted by molar-refractivity contribution is 7.98. The molecule has 4 rings (SSSR count). The first-order valence-electron chi connectivity index (χ1n) is 10.4. The number of amides is 2. The van der Waals surface area contributed by atoms with E-state index in [9.17, 15) is 9.59 Å². The van der Waals surface area contributed by atoms with E-state index in [4.69, 9.17) is 0 Å². The Morgan fingerprint density at radius 2 is 1.81 bits per heavy atom. The molecule has 0 unspecified atom stereocenters. The molecule has 0 aliphatic carbocycles. The zero-order valence-electron chi connectivity index (χ0n) is 17.8. The summed E-state index contributed by atoms with van der Waals surface area (Å²) in [5.74, 6) is 1.91. The number of carbonyl (C=O) groups excluding carboxylic acids is 2. The van der Waals surface area contributed by atoms with Gasteiger partial charge in [-0.05, 0) is 38.0 Å². The summed E-state index contributed by atoms with van der Waals surface area (Å²) in [4.78, 5) is 25.5. The fourth-order valence-corrected chi connectivity index (χ4v) is 4.82. The molecule has 7 heteroatoms. The number of aromatic nitrogens is 2. The van der Waals surface area contributed by atoms with Gasteiger partial charge in [0.1, 0.15) is 12.4 Å². The van der Waals surface area contributed by atoms with Crippen molar-refractivity contribution in [1.82, 2.24) is 15.1 Å². The van der Waals surface area contributed by atoms with E-state index in [2.05, 4.69) is 15.7 Å². The molecule has 1 aliphatic rings. The zero-order valence-corrected chi connectivity index (χ0v) is 18.6. The Morgan fingerprint density at radius 1 is 1.06 bits per heavy atom. The van der Waals surface area contributed by atoms with Gasteiger partial charge in [-0.25, -0.2) is 4.68 Å². The van der Waals surface area contributed by atoms with Crippen molar-refractivity contribution in [1.29, 1.82) is 0 Å². The van der Waals surface area contributed by atoms with Gasteiger partial charge in [0.2, 0.25) is 5.91 Å². The van der Waals surface area contributed by atoms with Crippen molar-refractivity contribution in [3.63, 3.8) is 0 Å². The van der Waals surface area contributed by atoms with Crippen LogP contribution in [0, 0.1) is 13.8 Å². The van der Waals surface area contributed by atoms with E-state index in [0.717, 1.165) is 40.3 Å². The molecule has 0 radical (unpaired) electrons. The molecule has 2 amide bonds. The van der Waals surface area contributed by atoms with Gasteiger partial charge in [-0.3, -0.25) is 9.59 Å². The molecule has 2 heterocycles. The Labute approximate surface area is 186 Å². The molecule has 160 valence electrons. The van der Waals surface area contributed by atoms with E-state index >= 15 is 0 Å². The van der Waals surface area contributed by atoms with Crippen LogP contribution in [-0.2, 0) is 29.3 Å². The Morgan fingerprint density at radius 3 is 2.55 bits per heavy atom. The first kappa shape index (κ1) is 21.2. The summed E-state index contributed by atoms with van der Waals surface area (Å²) in [6.07, 6.45) is 0.773. The normalized spacial score (nSPS) is 12.5. The smallest absolute Gasteiger partial charge is 0.256 e. The lowest BCUT2D eigenvalue weighted by molar-refractivity contribution is -0.121. The molecule has 31 heavy (non-hydrogen) atoms. The number of fused-ring (bicyclic) bond motifs is 1. The summed E-state index contributed by atoms with van der Waals surface area (Å²) in [5.41, 5.74) is 5.82. The van der Waals surface area contributed by atoms with Crippen LogP contribution in [0.4, 0.5) is 5.82 Å². The fraction of sp³-hybridized carbons (Fsp3) is 0.292. The molecule has 0 fully saturated rings. The second-order valence-corrected chi connectivity index (χ2v) is 8.83. The number of nitrogens with one attached hydrogen (secondary N) is 2. The number of carbonyl (C=O) groups is 2. The van der Waals surface area contributed by atoms with Gasteiger partial charge < -0.3 is 10.6 Å². The highest BCUT2D eigenvalue weighted by Gasteiger charge is 2.25. The van der Waals surface area contributed by atoms with Crippen molar-refractivity contribution in [3.05, 3.63) is 82.0 Å². The van der Waals surface area contributed by atoms with Crippen molar-refractivity contribution in [2.75, 3.05) is 11.9 Å². The Kier molecular flexibility index (Phi) is 6.42. The summed E-state index contributed by atoms with van der Waals surface area (Å²) in [5, 5.41) is 10.6. The summed E-state index contributed by atoms with van der Waals surface area (Å²) in [6, 6.07) is 15.8. The van der Waals surface area contributed by atoms with Crippen LogP contribution >= 0.6 is 11.8 Å². The number of hydrogen-bond acceptors (Lipinski definition) is 4. The molecule has 1 aromatic heterocycles. The van der Waals surface area contributed by atoms with Gasteiger partial charge in [0.25, 0.3) is 5.91 Å². The maximum atomic E-state index is 12.9. The van der Waals surface area contributed by atoms with Crippen LogP contribution in [-0.4, -0.2) is 28.1 Å². The van der Waals surface area contributed by atoms with Crippen LogP contribution in [0.1, 0.15) is 38.3 Å². The number of anilines is 1. The minimum Gasteiger partial charge on any atom is -0.354 e. The largest absolute Gasteiger partial charge is 0.354 e. The number of aryl methyl sites for hydroxylation is 2. The van der Waals surface area contributed by atoms with Gasteiger partial charge in [0.15, 0.2) is 0 Å². The number of nitrogens with zero attached hydrogens (tertiary/aromatic N) is 2. The fourth-order valence-electron chi connectivity index (χ4n) is 3.79. The van der Waals surface area contributed by atoms with E-state index in [-0.39, 0.29) is 18.4 Å². The van der Waals surface area contributed by atoms with E-state index in [1.165, 1.54) is 5.56 Å².